The van der Waals surface area contributed by atoms with Crippen molar-refractivity contribution < 1.29 is 17.9 Å². The Morgan fingerprint density at radius 1 is 1.17 bits per heavy atom. The molecule has 1 atom stereocenters. The Hall–Kier alpha value is -1.43. The summed E-state index contributed by atoms with van der Waals surface area (Å²) >= 11 is 0. The van der Waals surface area contributed by atoms with Gasteiger partial charge in [0.25, 0.3) is 0 Å². The molecule has 6 heteroatoms. The maximum atomic E-state index is 11.4. The van der Waals surface area contributed by atoms with Crippen LogP contribution in [0.25, 0.3) is 0 Å². The number of anilines is 1. The van der Waals surface area contributed by atoms with Gasteiger partial charge in [0.2, 0.25) is 0 Å². The largest absolute Gasteiger partial charge is 0.486 e. The Kier molecular flexibility index (Phi) is 2.81. The minimum atomic E-state index is -2.85. The number of hydrogen-bond acceptors (Lipinski definition) is 5. The van der Waals surface area contributed by atoms with Gasteiger partial charge in [0.1, 0.15) is 13.2 Å². The van der Waals surface area contributed by atoms with E-state index < -0.39 is 9.84 Å². The van der Waals surface area contributed by atoms with E-state index in [9.17, 15) is 8.42 Å². The first-order chi connectivity index (χ1) is 8.62. The van der Waals surface area contributed by atoms with E-state index in [1.165, 1.54) is 0 Å². The Labute approximate surface area is 106 Å². The molecule has 0 amide bonds. The number of hydrogen-bond donors (Lipinski definition) is 1. The molecule has 1 fully saturated rings. The molecule has 0 aliphatic carbocycles. The van der Waals surface area contributed by atoms with Crippen LogP contribution in [-0.2, 0) is 9.84 Å². The average molecular weight is 269 g/mol. The Morgan fingerprint density at radius 3 is 2.67 bits per heavy atom. The van der Waals surface area contributed by atoms with E-state index in [0.717, 1.165) is 11.4 Å². The first-order valence-electron chi connectivity index (χ1n) is 5.99. The van der Waals surface area contributed by atoms with E-state index in [1.54, 1.807) is 0 Å². The van der Waals surface area contributed by atoms with Gasteiger partial charge in [-0.3, -0.25) is 0 Å². The first-order valence-corrected chi connectivity index (χ1v) is 7.81. The third-order valence-corrected chi connectivity index (χ3v) is 4.91. The molecule has 0 radical (unpaired) electrons. The van der Waals surface area contributed by atoms with Gasteiger partial charge in [-0.2, -0.15) is 0 Å². The van der Waals surface area contributed by atoms with Gasteiger partial charge in [0, 0.05) is 17.8 Å². The summed E-state index contributed by atoms with van der Waals surface area (Å²) < 4.78 is 33.7. The van der Waals surface area contributed by atoms with E-state index in [0.29, 0.717) is 25.4 Å². The molecule has 2 heterocycles. The van der Waals surface area contributed by atoms with Crippen LogP contribution in [0.4, 0.5) is 5.69 Å². The van der Waals surface area contributed by atoms with E-state index in [-0.39, 0.29) is 17.5 Å². The number of sulfone groups is 1. The lowest BCUT2D eigenvalue weighted by Crippen LogP contribution is -2.21. The Morgan fingerprint density at radius 2 is 1.94 bits per heavy atom. The molecule has 2 aliphatic rings. The predicted octanol–water partition coefficient (Wildman–Crippen LogP) is 1.06. The fourth-order valence-electron chi connectivity index (χ4n) is 2.28. The molecule has 1 N–H and O–H groups in total. The number of ether oxygens (including phenoxy) is 2. The molecule has 18 heavy (non-hydrogen) atoms. The summed E-state index contributed by atoms with van der Waals surface area (Å²) in [4.78, 5) is 0. The minimum Gasteiger partial charge on any atom is -0.486 e. The van der Waals surface area contributed by atoms with Crippen molar-refractivity contribution in [3.63, 3.8) is 0 Å². The molecule has 1 aromatic carbocycles. The molecule has 5 nitrogen and oxygen atoms in total. The molecule has 3 rings (SSSR count). The highest BCUT2D eigenvalue weighted by molar-refractivity contribution is 7.91. The minimum absolute atomic E-state index is 0.00226. The van der Waals surface area contributed by atoms with E-state index in [4.69, 9.17) is 9.47 Å². The van der Waals surface area contributed by atoms with Crippen LogP contribution >= 0.6 is 0 Å². The third kappa shape index (κ3) is 2.38. The Balaban J connectivity index is 1.74. The number of rotatable bonds is 2. The van der Waals surface area contributed by atoms with Crippen molar-refractivity contribution in [3.05, 3.63) is 18.2 Å². The number of nitrogens with one attached hydrogen (secondary N) is 1. The molecule has 0 saturated carbocycles. The highest BCUT2D eigenvalue weighted by atomic mass is 32.2. The predicted molar refractivity (Wildman–Crippen MR) is 68.1 cm³/mol. The molecular formula is C12H15NO4S. The van der Waals surface area contributed by atoms with Crippen molar-refractivity contribution >= 4 is 15.5 Å². The fraction of sp³-hybridized carbons (Fsp3) is 0.500. The van der Waals surface area contributed by atoms with Crippen LogP contribution in [0.5, 0.6) is 11.5 Å². The molecule has 2 aliphatic heterocycles. The molecule has 1 aromatic rings. The quantitative estimate of drug-likeness (QED) is 0.869. The zero-order valence-corrected chi connectivity index (χ0v) is 10.7. The summed E-state index contributed by atoms with van der Waals surface area (Å²) in [6.07, 6.45) is 0.663. The van der Waals surface area contributed by atoms with Crippen LogP contribution in [0.1, 0.15) is 6.42 Å². The normalized spacial score (nSPS) is 24.8. The third-order valence-electron chi connectivity index (χ3n) is 3.15. The lowest BCUT2D eigenvalue weighted by Gasteiger charge is -2.20. The van der Waals surface area contributed by atoms with Crippen LogP contribution in [0.3, 0.4) is 0 Å². The van der Waals surface area contributed by atoms with Crippen LogP contribution < -0.4 is 14.8 Å². The van der Waals surface area contributed by atoms with Gasteiger partial charge in [-0.25, -0.2) is 8.42 Å². The van der Waals surface area contributed by atoms with Crippen LogP contribution in [0, 0.1) is 0 Å². The fourth-order valence-corrected chi connectivity index (χ4v) is 3.95. The second-order valence-corrected chi connectivity index (χ2v) is 6.83. The molecule has 1 unspecified atom stereocenters. The van der Waals surface area contributed by atoms with E-state index >= 15 is 0 Å². The van der Waals surface area contributed by atoms with Crippen molar-refractivity contribution in [2.75, 3.05) is 30.0 Å². The molecule has 0 bridgehead atoms. The van der Waals surface area contributed by atoms with E-state index in [2.05, 4.69) is 5.32 Å². The summed E-state index contributed by atoms with van der Waals surface area (Å²) in [6, 6.07) is 5.59. The zero-order valence-electron chi connectivity index (χ0n) is 9.89. The summed E-state index contributed by atoms with van der Waals surface area (Å²) in [5.74, 6) is 1.94. The van der Waals surface area contributed by atoms with E-state index in [1.807, 2.05) is 18.2 Å². The summed E-state index contributed by atoms with van der Waals surface area (Å²) in [7, 11) is -2.85. The molecule has 98 valence electrons. The summed E-state index contributed by atoms with van der Waals surface area (Å²) in [5.41, 5.74) is 0.876. The number of fused-ring (bicyclic) bond motifs is 1. The molecule has 1 saturated heterocycles. The average Bonchev–Trinajstić information content (AvgIpc) is 2.68. The second kappa shape index (κ2) is 4.35. The smallest absolute Gasteiger partial charge is 0.163 e. The molecule has 0 aromatic heterocycles. The van der Waals surface area contributed by atoms with Gasteiger partial charge >= 0.3 is 0 Å². The van der Waals surface area contributed by atoms with Crippen molar-refractivity contribution in [2.24, 2.45) is 0 Å². The van der Waals surface area contributed by atoms with Crippen molar-refractivity contribution in [1.82, 2.24) is 0 Å². The molecule has 0 spiro atoms. The molecular weight excluding hydrogens is 254 g/mol. The van der Waals surface area contributed by atoms with Crippen molar-refractivity contribution in [2.45, 2.75) is 12.5 Å². The highest BCUT2D eigenvalue weighted by Gasteiger charge is 2.27. The Bertz CT molecular complexity index is 555. The summed E-state index contributed by atoms with van der Waals surface area (Å²) in [6.45, 7) is 1.12. The first kappa shape index (κ1) is 11.6. The van der Waals surface area contributed by atoms with Gasteiger partial charge in [-0.05, 0) is 18.6 Å². The highest BCUT2D eigenvalue weighted by Crippen LogP contribution is 2.33. The summed E-state index contributed by atoms with van der Waals surface area (Å²) in [5, 5.41) is 3.23. The maximum Gasteiger partial charge on any atom is 0.163 e. The van der Waals surface area contributed by atoms with Gasteiger partial charge in [-0.15, -0.1) is 0 Å². The zero-order chi connectivity index (χ0) is 12.6. The number of benzene rings is 1. The SMILES string of the molecule is O=S1(=O)CCC(Nc2ccc3c(c2)OCCO3)C1. The standard InChI is InChI=1S/C12H15NO4S/c14-18(15)6-3-10(8-18)13-9-1-2-11-12(7-9)17-5-4-16-11/h1-2,7,10,13H,3-6,8H2. The van der Waals surface area contributed by atoms with Crippen LogP contribution in [0.2, 0.25) is 0 Å². The van der Waals surface area contributed by atoms with Gasteiger partial charge in [-0.1, -0.05) is 0 Å². The van der Waals surface area contributed by atoms with Crippen molar-refractivity contribution in [1.29, 1.82) is 0 Å². The van der Waals surface area contributed by atoms with Crippen LogP contribution in [0.15, 0.2) is 18.2 Å². The second-order valence-electron chi connectivity index (χ2n) is 4.60. The van der Waals surface area contributed by atoms with Gasteiger partial charge in [0.05, 0.1) is 11.5 Å². The topological polar surface area (TPSA) is 64.6 Å². The monoisotopic (exact) mass is 269 g/mol. The maximum absolute atomic E-state index is 11.4. The van der Waals surface area contributed by atoms with Gasteiger partial charge in [0.15, 0.2) is 21.3 Å². The lowest BCUT2D eigenvalue weighted by atomic mass is 10.2. The van der Waals surface area contributed by atoms with Gasteiger partial charge < -0.3 is 14.8 Å². The lowest BCUT2D eigenvalue weighted by molar-refractivity contribution is 0.171. The van der Waals surface area contributed by atoms with Crippen molar-refractivity contribution in [3.8, 4) is 11.5 Å². The van der Waals surface area contributed by atoms with Crippen LogP contribution in [-0.4, -0.2) is 39.2 Å².